The molecule has 2 N–H and O–H groups in total. The van der Waals surface area contributed by atoms with Gasteiger partial charge in [-0.25, -0.2) is 24.0 Å². The molecule has 0 aliphatic carbocycles. The topological polar surface area (TPSA) is 176 Å². The summed E-state index contributed by atoms with van der Waals surface area (Å²) in [6.07, 6.45) is -2.10. The van der Waals surface area contributed by atoms with E-state index in [4.69, 9.17) is 28.4 Å². The number of nitrogens with one attached hydrogen (secondary N) is 1. The van der Waals surface area contributed by atoms with E-state index in [1.807, 2.05) is 60.7 Å². The molecule has 0 spiro atoms. The van der Waals surface area contributed by atoms with Crippen molar-refractivity contribution >= 4 is 30.2 Å². The number of carbonyl (C=O) groups is 5. The average molecular weight is 867 g/mol. The van der Waals surface area contributed by atoms with Crippen LogP contribution < -0.4 is 5.32 Å². The van der Waals surface area contributed by atoms with Gasteiger partial charge >= 0.3 is 30.2 Å². The van der Waals surface area contributed by atoms with Crippen LogP contribution in [0.4, 0.5) is 14.4 Å². The van der Waals surface area contributed by atoms with E-state index in [0.717, 1.165) is 17.5 Å². The van der Waals surface area contributed by atoms with E-state index in [-0.39, 0.29) is 37.2 Å². The monoisotopic (exact) mass is 866 g/mol. The fourth-order valence-electron chi connectivity index (χ4n) is 7.92. The number of rotatable bonds is 12. The molecule has 8 atom stereocenters. The minimum atomic E-state index is -1.38. The summed E-state index contributed by atoms with van der Waals surface area (Å²) in [5, 5.41) is 13.9. The summed E-state index contributed by atoms with van der Waals surface area (Å²) >= 11 is 0. The molecule has 14 nitrogen and oxygen atoms in total. The summed E-state index contributed by atoms with van der Waals surface area (Å²) in [7, 11) is 0. The van der Waals surface area contributed by atoms with Crippen molar-refractivity contribution in [2.45, 2.75) is 187 Å². The minimum Gasteiger partial charge on any atom is -0.458 e. The lowest BCUT2D eigenvalue weighted by Crippen LogP contribution is -2.53. The van der Waals surface area contributed by atoms with Crippen molar-refractivity contribution in [3.05, 3.63) is 71.8 Å². The SMILES string of the molecule is CC1CCCC(NC(=O)OC(C)(C)CCC(C)(C)OC(=O)N(C(=O)OC(C)(C)C)C2CCCC(Cc3ccccc3)C(O)C(C)OC2=O)C(=O)OC(C)C1OCc1ccccc1. The Morgan fingerprint density at radius 3 is 1.87 bits per heavy atom. The number of esters is 2. The second-order valence-electron chi connectivity index (χ2n) is 19.2. The van der Waals surface area contributed by atoms with Crippen LogP contribution >= 0.6 is 0 Å². The van der Waals surface area contributed by atoms with Crippen molar-refractivity contribution in [3.8, 4) is 0 Å². The van der Waals surface area contributed by atoms with Crippen LogP contribution in [0.3, 0.4) is 0 Å². The first-order valence-electron chi connectivity index (χ1n) is 22.1. The third-order valence-corrected chi connectivity index (χ3v) is 11.4. The summed E-state index contributed by atoms with van der Waals surface area (Å²) in [6, 6.07) is 17.2. The van der Waals surface area contributed by atoms with Crippen molar-refractivity contribution in [3.63, 3.8) is 0 Å². The van der Waals surface area contributed by atoms with Gasteiger partial charge in [0.25, 0.3) is 0 Å². The molecule has 2 saturated heterocycles. The first-order chi connectivity index (χ1) is 29.0. The number of aliphatic hydroxyl groups excluding tert-OH is 1. The highest BCUT2D eigenvalue weighted by molar-refractivity contribution is 5.94. The lowest BCUT2D eigenvalue weighted by atomic mass is 9.87. The van der Waals surface area contributed by atoms with E-state index >= 15 is 0 Å². The molecule has 14 heteroatoms. The minimum absolute atomic E-state index is 0.0589. The summed E-state index contributed by atoms with van der Waals surface area (Å²) in [6.45, 7) is 17.5. The van der Waals surface area contributed by atoms with Crippen molar-refractivity contribution in [1.82, 2.24) is 10.2 Å². The number of benzene rings is 2. The Kier molecular flexibility index (Phi) is 17.8. The fraction of sp³-hybridized carbons (Fsp3) is 0.646. The number of cyclic esters (lactones) is 2. The molecule has 8 unspecified atom stereocenters. The molecule has 344 valence electrons. The molecule has 0 aromatic heterocycles. The molecule has 2 aliphatic heterocycles. The number of carbonyl (C=O) groups excluding carboxylic acids is 5. The molecule has 2 fully saturated rings. The molecular weight excluding hydrogens is 797 g/mol. The van der Waals surface area contributed by atoms with Crippen LogP contribution in [0, 0.1) is 11.8 Å². The number of nitrogens with zero attached hydrogens (tertiary/aromatic N) is 1. The predicted octanol–water partition coefficient (Wildman–Crippen LogP) is 8.83. The highest BCUT2D eigenvalue weighted by Crippen LogP contribution is 2.31. The van der Waals surface area contributed by atoms with Crippen molar-refractivity contribution in [2.75, 3.05) is 0 Å². The van der Waals surface area contributed by atoms with E-state index in [2.05, 4.69) is 12.2 Å². The molecule has 2 aromatic carbocycles. The Morgan fingerprint density at radius 2 is 1.26 bits per heavy atom. The fourth-order valence-corrected chi connectivity index (χ4v) is 7.92. The maximum absolute atomic E-state index is 14.1. The van der Waals surface area contributed by atoms with E-state index in [0.29, 0.717) is 43.6 Å². The number of alkyl carbamates (subject to hydrolysis) is 1. The first kappa shape index (κ1) is 50.0. The average Bonchev–Trinajstić information content (AvgIpc) is 3.25. The second kappa shape index (κ2) is 22.1. The molecule has 0 radical (unpaired) electrons. The standard InChI is InChI=1S/C48H70N2O12/c1-31-19-17-25-37(41(52)59-33(3)40(31)57-30-35-22-15-12-16-23-35)49-43(54)60-47(7,8)27-28-48(9,10)62-45(56)50(44(55)61-46(4,5)6)38-26-18-24-36(29-34-20-13-11-14-21-34)39(51)32(2)58-42(38)53/h11-16,20-23,31-33,36-40,51H,17-19,24-30H2,1-10H3,(H,49,54). The largest absolute Gasteiger partial charge is 0.458 e. The van der Waals surface area contributed by atoms with E-state index < -0.39 is 77.4 Å². The number of hydrogen-bond donors (Lipinski definition) is 2. The number of ether oxygens (including phenoxy) is 6. The molecule has 2 heterocycles. The number of amides is 3. The Bertz CT molecular complexity index is 1780. The third-order valence-electron chi connectivity index (χ3n) is 11.4. The quantitative estimate of drug-likeness (QED) is 0.153. The van der Waals surface area contributed by atoms with Crippen LogP contribution in [0.5, 0.6) is 0 Å². The number of hydrogen-bond acceptors (Lipinski definition) is 12. The second-order valence-corrected chi connectivity index (χ2v) is 19.2. The summed E-state index contributed by atoms with van der Waals surface area (Å²) in [4.78, 5) is 68.8. The van der Waals surface area contributed by atoms with Crippen LogP contribution in [0.1, 0.15) is 132 Å². The van der Waals surface area contributed by atoms with E-state index in [1.54, 1.807) is 62.3 Å². The molecule has 3 amide bonds. The van der Waals surface area contributed by atoms with Gasteiger partial charge in [-0.15, -0.1) is 0 Å². The Labute approximate surface area is 367 Å². The van der Waals surface area contributed by atoms with Gasteiger partial charge in [-0.1, -0.05) is 80.4 Å². The van der Waals surface area contributed by atoms with Crippen LogP contribution in [0.15, 0.2) is 60.7 Å². The zero-order chi connectivity index (χ0) is 45.8. The Balaban J connectivity index is 1.38. The molecule has 62 heavy (non-hydrogen) atoms. The summed E-state index contributed by atoms with van der Waals surface area (Å²) < 4.78 is 35.1. The van der Waals surface area contributed by atoms with Gasteiger partial charge in [-0.3, -0.25) is 0 Å². The van der Waals surface area contributed by atoms with Crippen LogP contribution in [0.25, 0.3) is 0 Å². The predicted molar refractivity (Wildman–Crippen MR) is 232 cm³/mol. The van der Waals surface area contributed by atoms with Gasteiger partial charge in [-0.2, -0.15) is 4.90 Å². The maximum Gasteiger partial charge on any atom is 0.420 e. The zero-order valence-electron chi connectivity index (χ0n) is 38.3. The van der Waals surface area contributed by atoms with E-state index in [9.17, 15) is 29.1 Å². The highest BCUT2D eigenvalue weighted by Gasteiger charge is 2.44. The van der Waals surface area contributed by atoms with Crippen molar-refractivity contribution in [2.24, 2.45) is 11.8 Å². The smallest absolute Gasteiger partial charge is 0.420 e. The van der Waals surface area contributed by atoms with Gasteiger partial charge in [0.1, 0.15) is 41.1 Å². The molecule has 2 aromatic rings. The zero-order valence-corrected chi connectivity index (χ0v) is 38.3. The van der Waals surface area contributed by atoms with Gasteiger partial charge in [-0.05, 0) is 130 Å². The molecule has 4 rings (SSSR count). The van der Waals surface area contributed by atoms with Crippen LogP contribution in [0.2, 0.25) is 0 Å². The normalized spacial score (nSPS) is 25.5. The first-order valence-corrected chi connectivity index (χ1v) is 22.1. The van der Waals surface area contributed by atoms with Gasteiger partial charge in [0, 0.05) is 0 Å². The van der Waals surface area contributed by atoms with Gasteiger partial charge in [0.15, 0.2) is 0 Å². The maximum atomic E-state index is 14.1. The molecule has 2 aliphatic rings. The molecule has 0 saturated carbocycles. The third kappa shape index (κ3) is 15.6. The van der Waals surface area contributed by atoms with Gasteiger partial charge in [0.2, 0.25) is 0 Å². The number of aliphatic hydroxyl groups is 1. The number of imide groups is 1. The van der Waals surface area contributed by atoms with Crippen LogP contribution in [-0.2, 0) is 51.0 Å². The van der Waals surface area contributed by atoms with Crippen molar-refractivity contribution in [1.29, 1.82) is 0 Å². The summed E-state index contributed by atoms with van der Waals surface area (Å²) in [5.74, 6) is -1.57. The van der Waals surface area contributed by atoms with Gasteiger partial charge in [0.05, 0.1) is 18.8 Å². The Morgan fingerprint density at radius 1 is 0.710 bits per heavy atom. The summed E-state index contributed by atoms with van der Waals surface area (Å²) in [5.41, 5.74) is -1.28. The van der Waals surface area contributed by atoms with Crippen molar-refractivity contribution < 1.29 is 57.5 Å². The lowest BCUT2D eigenvalue weighted by Gasteiger charge is -2.35. The van der Waals surface area contributed by atoms with Crippen LogP contribution in [-0.4, -0.2) is 93.5 Å². The lowest BCUT2D eigenvalue weighted by molar-refractivity contribution is -0.162. The molecule has 0 bridgehead atoms. The van der Waals surface area contributed by atoms with Gasteiger partial charge < -0.3 is 38.8 Å². The molecular formula is C48H70N2O12. The highest BCUT2D eigenvalue weighted by atomic mass is 16.6. The van der Waals surface area contributed by atoms with E-state index in [1.165, 1.54) is 0 Å². The Hall–Kier alpha value is -4.69.